The Kier molecular flexibility index (Phi) is 2.49. The zero-order valence-corrected chi connectivity index (χ0v) is 8.76. The maximum Gasteiger partial charge on any atom is 0.294 e. The van der Waals surface area contributed by atoms with Crippen LogP contribution in [-0.4, -0.2) is 14.7 Å². The first-order valence-corrected chi connectivity index (χ1v) is 4.71. The van der Waals surface area contributed by atoms with E-state index in [4.69, 9.17) is 17.3 Å². The van der Waals surface area contributed by atoms with Gasteiger partial charge in [-0.25, -0.2) is 4.68 Å². The summed E-state index contributed by atoms with van der Waals surface area (Å²) in [6, 6.07) is 5.79. The Bertz CT molecular complexity index is 552. The number of benzene rings is 1. The Morgan fingerprint density at radius 1 is 1.44 bits per heavy atom. The lowest BCUT2D eigenvalue weighted by Crippen LogP contribution is -2.01. The first-order valence-electron chi connectivity index (χ1n) is 4.33. The van der Waals surface area contributed by atoms with Crippen LogP contribution in [0.5, 0.6) is 0 Å². The first kappa shape index (κ1) is 10.4. The van der Waals surface area contributed by atoms with Crippen molar-refractivity contribution in [1.82, 2.24) is 9.78 Å². The van der Waals surface area contributed by atoms with Gasteiger partial charge >= 0.3 is 0 Å². The molecule has 0 saturated heterocycles. The Labute approximate surface area is 95.4 Å². The van der Waals surface area contributed by atoms with Crippen molar-refractivity contribution in [3.05, 3.63) is 45.6 Å². The number of anilines is 1. The average molecular weight is 239 g/mol. The van der Waals surface area contributed by atoms with Gasteiger partial charge in [-0.2, -0.15) is 5.10 Å². The normalized spacial score (nSPS) is 10.3. The second-order valence-electron chi connectivity index (χ2n) is 3.08. The van der Waals surface area contributed by atoms with Gasteiger partial charge in [0.15, 0.2) is 0 Å². The lowest BCUT2D eigenvalue weighted by molar-refractivity contribution is -0.384. The molecule has 7 heteroatoms. The molecule has 0 aliphatic heterocycles. The first-order chi connectivity index (χ1) is 7.58. The van der Waals surface area contributed by atoms with Gasteiger partial charge in [0, 0.05) is 23.4 Å². The van der Waals surface area contributed by atoms with E-state index in [0.717, 1.165) is 0 Å². The number of nitrogen functional groups attached to an aromatic ring is 1. The van der Waals surface area contributed by atoms with Crippen LogP contribution < -0.4 is 5.73 Å². The second-order valence-corrected chi connectivity index (χ2v) is 3.51. The van der Waals surface area contributed by atoms with Crippen LogP contribution in [0.1, 0.15) is 0 Å². The number of nitro groups is 1. The number of aromatic nitrogens is 2. The third kappa shape index (κ3) is 1.82. The minimum atomic E-state index is -0.496. The van der Waals surface area contributed by atoms with Gasteiger partial charge in [-0.3, -0.25) is 10.1 Å². The molecule has 1 aromatic heterocycles. The van der Waals surface area contributed by atoms with Gasteiger partial charge in [-0.1, -0.05) is 11.6 Å². The van der Waals surface area contributed by atoms with Crippen LogP contribution in [0.4, 0.5) is 11.5 Å². The monoisotopic (exact) mass is 238 g/mol. The van der Waals surface area contributed by atoms with Crippen LogP contribution in [0.2, 0.25) is 5.02 Å². The highest BCUT2D eigenvalue weighted by molar-refractivity contribution is 6.30. The molecule has 82 valence electrons. The fourth-order valence-electron chi connectivity index (χ4n) is 1.31. The van der Waals surface area contributed by atoms with Gasteiger partial charge in [0.25, 0.3) is 5.69 Å². The SMILES string of the molecule is Nc1ccn(-c2cc(Cl)ccc2[N+](=O)[O-])n1. The van der Waals surface area contributed by atoms with Crippen molar-refractivity contribution < 1.29 is 4.92 Å². The van der Waals surface area contributed by atoms with E-state index in [1.807, 2.05) is 0 Å². The van der Waals surface area contributed by atoms with Gasteiger partial charge < -0.3 is 5.73 Å². The third-order valence-corrected chi connectivity index (χ3v) is 2.23. The summed E-state index contributed by atoms with van der Waals surface area (Å²) in [4.78, 5) is 10.3. The van der Waals surface area contributed by atoms with Crippen LogP contribution in [0, 0.1) is 10.1 Å². The quantitative estimate of drug-likeness (QED) is 0.640. The molecule has 2 N–H and O–H groups in total. The molecule has 6 nitrogen and oxygen atoms in total. The highest BCUT2D eigenvalue weighted by Crippen LogP contribution is 2.26. The maximum absolute atomic E-state index is 10.8. The molecule has 0 aliphatic rings. The molecule has 0 unspecified atom stereocenters. The Morgan fingerprint density at radius 3 is 2.75 bits per heavy atom. The van der Waals surface area contributed by atoms with Crippen LogP contribution in [0.3, 0.4) is 0 Å². The summed E-state index contributed by atoms with van der Waals surface area (Å²) < 4.78 is 1.32. The van der Waals surface area contributed by atoms with Crippen molar-refractivity contribution >= 4 is 23.1 Å². The molecule has 1 heterocycles. The molecule has 0 amide bonds. The number of rotatable bonds is 2. The minimum absolute atomic E-state index is 0.0764. The molecule has 16 heavy (non-hydrogen) atoms. The standard InChI is InChI=1S/C9H7ClN4O2/c10-6-1-2-7(14(15)16)8(5-6)13-4-3-9(11)12-13/h1-5H,(H2,11,12). The smallest absolute Gasteiger partial charge is 0.294 e. The summed E-state index contributed by atoms with van der Waals surface area (Å²) in [6.07, 6.45) is 1.54. The summed E-state index contributed by atoms with van der Waals surface area (Å²) in [5.74, 6) is 0.286. The van der Waals surface area contributed by atoms with E-state index in [-0.39, 0.29) is 17.2 Å². The van der Waals surface area contributed by atoms with E-state index in [0.29, 0.717) is 5.02 Å². The molecule has 0 fully saturated rings. The summed E-state index contributed by atoms with van der Waals surface area (Å²) in [5, 5.41) is 15.1. The zero-order valence-electron chi connectivity index (χ0n) is 8.00. The number of halogens is 1. The topological polar surface area (TPSA) is 87.0 Å². The Morgan fingerprint density at radius 2 is 2.19 bits per heavy atom. The molecule has 0 radical (unpaired) electrons. The van der Waals surface area contributed by atoms with Gasteiger partial charge in [-0.15, -0.1) is 0 Å². The van der Waals surface area contributed by atoms with E-state index < -0.39 is 4.92 Å². The van der Waals surface area contributed by atoms with Crippen LogP contribution in [-0.2, 0) is 0 Å². The van der Waals surface area contributed by atoms with Gasteiger partial charge in [0.05, 0.1) is 4.92 Å². The Hall–Kier alpha value is -2.08. The lowest BCUT2D eigenvalue weighted by Gasteiger charge is -2.02. The number of hydrogen-bond acceptors (Lipinski definition) is 4. The van der Waals surface area contributed by atoms with Crippen molar-refractivity contribution in [3.8, 4) is 5.69 Å². The van der Waals surface area contributed by atoms with Crippen molar-refractivity contribution in [2.45, 2.75) is 0 Å². The number of hydrogen-bond donors (Lipinski definition) is 1. The molecule has 0 spiro atoms. The molecular formula is C9H7ClN4O2. The summed E-state index contributed by atoms with van der Waals surface area (Å²) >= 11 is 5.78. The lowest BCUT2D eigenvalue weighted by atomic mass is 10.3. The number of nitrogens with zero attached hydrogens (tertiary/aromatic N) is 3. The maximum atomic E-state index is 10.8. The summed E-state index contributed by atoms with van der Waals surface area (Å²) in [7, 11) is 0. The summed E-state index contributed by atoms with van der Waals surface area (Å²) in [5.41, 5.74) is 5.66. The third-order valence-electron chi connectivity index (χ3n) is 1.99. The fourth-order valence-corrected chi connectivity index (χ4v) is 1.47. The van der Waals surface area contributed by atoms with Crippen molar-refractivity contribution in [1.29, 1.82) is 0 Å². The predicted octanol–water partition coefficient (Wildman–Crippen LogP) is 2.02. The van der Waals surface area contributed by atoms with E-state index >= 15 is 0 Å². The molecule has 2 rings (SSSR count). The van der Waals surface area contributed by atoms with Gasteiger partial charge in [0.2, 0.25) is 0 Å². The van der Waals surface area contributed by atoms with Crippen molar-refractivity contribution in [2.75, 3.05) is 5.73 Å². The van der Waals surface area contributed by atoms with E-state index in [9.17, 15) is 10.1 Å². The van der Waals surface area contributed by atoms with E-state index in [1.54, 1.807) is 6.07 Å². The molecular weight excluding hydrogens is 232 g/mol. The molecule has 1 aromatic carbocycles. The van der Waals surface area contributed by atoms with Crippen molar-refractivity contribution in [2.24, 2.45) is 0 Å². The zero-order chi connectivity index (χ0) is 11.7. The highest BCUT2D eigenvalue weighted by atomic mass is 35.5. The largest absolute Gasteiger partial charge is 0.382 e. The average Bonchev–Trinajstić information content (AvgIpc) is 2.64. The molecule has 0 atom stereocenters. The molecule has 0 saturated carbocycles. The van der Waals surface area contributed by atoms with Crippen LogP contribution in [0.15, 0.2) is 30.5 Å². The molecule has 0 bridgehead atoms. The van der Waals surface area contributed by atoms with Crippen LogP contribution >= 0.6 is 11.6 Å². The minimum Gasteiger partial charge on any atom is -0.382 e. The second kappa shape index (κ2) is 3.82. The molecule has 2 aromatic rings. The van der Waals surface area contributed by atoms with Crippen molar-refractivity contribution in [3.63, 3.8) is 0 Å². The van der Waals surface area contributed by atoms with E-state index in [1.165, 1.54) is 29.1 Å². The summed E-state index contributed by atoms with van der Waals surface area (Å²) in [6.45, 7) is 0. The Balaban J connectivity index is 2.62. The number of nitro benzene ring substituents is 1. The molecule has 0 aliphatic carbocycles. The van der Waals surface area contributed by atoms with E-state index in [2.05, 4.69) is 5.10 Å². The fraction of sp³-hybridized carbons (Fsp3) is 0. The van der Waals surface area contributed by atoms with Gasteiger partial charge in [0.1, 0.15) is 11.5 Å². The number of nitrogens with two attached hydrogens (primary N) is 1. The predicted molar refractivity (Wildman–Crippen MR) is 59.6 cm³/mol. The van der Waals surface area contributed by atoms with Crippen LogP contribution in [0.25, 0.3) is 5.69 Å². The van der Waals surface area contributed by atoms with Gasteiger partial charge in [-0.05, 0) is 12.1 Å². The highest BCUT2D eigenvalue weighted by Gasteiger charge is 2.16.